The second-order valence-electron chi connectivity index (χ2n) is 2.39. The van der Waals surface area contributed by atoms with Gasteiger partial charge in [0, 0.05) is 6.61 Å². The van der Waals surface area contributed by atoms with E-state index >= 15 is 0 Å². The molecule has 0 aromatic rings. The Labute approximate surface area is 116 Å². The predicted molar refractivity (Wildman–Crippen MR) is 51.1 cm³/mol. The molecular weight excluding hydrogens is 257 g/mol. The van der Waals surface area contributed by atoms with Gasteiger partial charge < -0.3 is 35.2 Å². The van der Waals surface area contributed by atoms with Gasteiger partial charge in [-0.1, -0.05) is 33.6 Å². The predicted octanol–water partition coefficient (Wildman–Crippen LogP) is -3.43. The van der Waals surface area contributed by atoms with E-state index in [0.717, 1.165) is 19.5 Å². The van der Waals surface area contributed by atoms with Crippen LogP contribution in [0.3, 0.4) is 0 Å². The summed E-state index contributed by atoms with van der Waals surface area (Å²) in [4.78, 5) is 0. The molecule has 0 aliphatic rings. The van der Waals surface area contributed by atoms with Crippen molar-refractivity contribution < 1.29 is 51.6 Å². The molecule has 0 amide bonds. The number of aliphatic hydroxyl groups excluding tert-OH is 1. The van der Waals surface area contributed by atoms with Gasteiger partial charge in [0.2, 0.25) is 0 Å². The Morgan fingerprint density at radius 2 is 1.14 bits per heavy atom. The van der Waals surface area contributed by atoms with Gasteiger partial charge in [-0.3, -0.25) is 0 Å². The van der Waals surface area contributed by atoms with E-state index in [4.69, 9.17) is 5.11 Å². The molecule has 0 rings (SSSR count). The molecule has 0 aliphatic carbocycles. The summed E-state index contributed by atoms with van der Waals surface area (Å²) in [5, 5.41) is 12.1. The van der Waals surface area contributed by atoms with Crippen molar-refractivity contribution in [3.05, 3.63) is 5.32 Å². The molecule has 0 saturated carbocycles. The molecule has 14 heavy (non-hydrogen) atoms. The minimum atomic E-state index is 0. The molecule has 1 N–H and O–H groups in total. The molecule has 0 aromatic heterocycles. The fourth-order valence-electron chi connectivity index (χ4n) is 0.428. The first-order valence-electron chi connectivity index (χ1n) is 4.57. The molecule has 0 unspecified atom stereocenters. The number of halogens is 2. The summed E-state index contributed by atoms with van der Waals surface area (Å²) in [5.41, 5.74) is 0. The van der Waals surface area contributed by atoms with Crippen molar-refractivity contribution in [3.8, 4) is 0 Å². The largest absolute Gasteiger partial charge is 3.00 e. The molecular formula is C9H22Cl2NOTi. The van der Waals surface area contributed by atoms with E-state index in [0.29, 0.717) is 6.61 Å². The van der Waals surface area contributed by atoms with Gasteiger partial charge >= 0.3 is 21.7 Å². The van der Waals surface area contributed by atoms with E-state index < -0.39 is 0 Å². The smallest absolute Gasteiger partial charge is 1.00 e. The summed E-state index contributed by atoms with van der Waals surface area (Å²) in [6.45, 7) is 8.65. The van der Waals surface area contributed by atoms with E-state index in [1.807, 2.05) is 6.92 Å². The van der Waals surface area contributed by atoms with Crippen LogP contribution in [0.2, 0.25) is 0 Å². The quantitative estimate of drug-likeness (QED) is 0.413. The molecule has 0 aliphatic heterocycles. The molecule has 2 nitrogen and oxygen atoms in total. The van der Waals surface area contributed by atoms with Crippen molar-refractivity contribution in [2.45, 2.75) is 40.0 Å². The first-order valence-corrected chi connectivity index (χ1v) is 4.57. The fraction of sp³-hybridized carbons (Fsp3) is 1.00. The van der Waals surface area contributed by atoms with Gasteiger partial charge in [-0.15, -0.1) is 13.1 Å². The van der Waals surface area contributed by atoms with Crippen LogP contribution in [0.1, 0.15) is 40.0 Å². The minimum absolute atomic E-state index is 0. The second kappa shape index (κ2) is 36.8. The third-order valence-electron chi connectivity index (χ3n) is 0.987. The summed E-state index contributed by atoms with van der Waals surface area (Å²) < 4.78 is 0. The zero-order valence-electron chi connectivity index (χ0n) is 9.39. The molecule has 0 spiro atoms. The Balaban J connectivity index is -0.0000000347. The standard InChI is InChI=1S/C6H14N.C3H8O.2ClH.Ti/c1-3-5-7-6-4-2;1-2-3-4;;;/h3-6H2,1-2H3;4H,2-3H2,1H3;2*1H;/q-1;;;;+3/p-2. The van der Waals surface area contributed by atoms with Crippen molar-refractivity contribution in [3.63, 3.8) is 0 Å². The molecule has 0 saturated heterocycles. The van der Waals surface area contributed by atoms with Crippen molar-refractivity contribution in [1.29, 1.82) is 0 Å². The monoisotopic (exact) mass is 278 g/mol. The van der Waals surface area contributed by atoms with E-state index in [9.17, 15) is 0 Å². The van der Waals surface area contributed by atoms with Crippen LogP contribution >= 0.6 is 0 Å². The maximum absolute atomic E-state index is 7.88. The summed E-state index contributed by atoms with van der Waals surface area (Å²) >= 11 is 0. The molecule has 87 valence electrons. The van der Waals surface area contributed by atoms with Gasteiger partial charge in [0.05, 0.1) is 0 Å². The Kier molecular flexibility index (Phi) is 77.4. The van der Waals surface area contributed by atoms with E-state index in [1.165, 1.54) is 12.8 Å². The average molecular weight is 279 g/mol. The molecule has 0 bridgehead atoms. The van der Waals surface area contributed by atoms with Crippen LogP contribution < -0.4 is 24.8 Å². The molecule has 0 heterocycles. The number of nitrogens with zero attached hydrogens (tertiary/aromatic N) is 1. The molecule has 1 radical (unpaired) electrons. The first-order chi connectivity index (χ1) is 5.33. The molecule has 0 aromatic carbocycles. The Morgan fingerprint density at radius 3 is 1.29 bits per heavy atom. The van der Waals surface area contributed by atoms with Crippen LogP contribution in [0.15, 0.2) is 0 Å². The molecule has 0 fully saturated rings. The number of rotatable bonds is 5. The van der Waals surface area contributed by atoms with Crippen molar-refractivity contribution in [2.75, 3.05) is 19.7 Å². The molecule has 5 heteroatoms. The number of hydrogen-bond donors (Lipinski definition) is 1. The molecule has 0 atom stereocenters. The third kappa shape index (κ3) is 51.1. The number of aliphatic hydroxyl groups is 1. The zero-order chi connectivity index (χ0) is 8.95. The van der Waals surface area contributed by atoms with Gasteiger partial charge in [-0.05, 0) is 6.42 Å². The van der Waals surface area contributed by atoms with Crippen LogP contribution in [0.5, 0.6) is 0 Å². The van der Waals surface area contributed by atoms with Crippen LogP contribution in [-0.2, 0) is 21.7 Å². The first kappa shape index (κ1) is 29.5. The summed E-state index contributed by atoms with van der Waals surface area (Å²) in [6.07, 6.45) is 3.26. The topological polar surface area (TPSA) is 34.3 Å². The van der Waals surface area contributed by atoms with E-state index in [1.54, 1.807) is 0 Å². The maximum atomic E-state index is 7.88. The third-order valence-corrected chi connectivity index (χ3v) is 0.987. The van der Waals surface area contributed by atoms with Gasteiger partial charge in [0.15, 0.2) is 0 Å². The van der Waals surface area contributed by atoms with Crippen LogP contribution in [0.25, 0.3) is 5.32 Å². The van der Waals surface area contributed by atoms with E-state index in [2.05, 4.69) is 19.2 Å². The number of hydrogen-bond acceptors (Lipinski definition) is 1. The van der Waals surface area contributed by atoms with Crippen LogP contribution in [-0.4, -0.2) is 24.8 Å². The van der Waals surface area contributed by atoms with Crippen molar-refractivity contribution in [1.82, 2.24) is 0 Å². The van der Waals surface area contributed by atoms with Gasteiger partial charge in [0.1, 0.15) is 0 Å². The summed E-state index contributed by atoms with van der Waals surface area (Å²) in [7, 11) is 0. The van der Waals surface area contributed by atoms with Crippen molar-refractivity contribution >= 4 is 0 Å². The Hall–Kier alpha value is 1.21. The Bertz CT molecular complexity index is 56.1. The zero-order valence-corrected chi connectivity index (χ0v) is 12.5. The van der Waals surface area contributed by atoms with Gasteiger partial charge in [-0.25, -0.2) is 0 Å². The Morgan fingerprint density at radius 1 is 0.857 bits per heavy atom. The fourth-order valence-corrected chi connectivity index (χ4v) is 0.428. The summed E-state index contributed by atoms with van der Waals surface area (Å²) in [5.74, 6) is 0. The second-order valence-corrected chi connectivity index (χ2v) is 2.39. The van der Waals surface area contributed by atoms with Gasteiger partial charge in [0.25, 0.3) is 0 Å². The summed E-state index contributed by atoms with van der Waals surface area (Å²) in [6, 6.07) is 0. The van der Waals surface area contributed by atoms with Crippen LogP contribution in [0.4, 0.5) is 0 Å². The van der Waals surface area contributed by atoms with Crippen LogP contribution in [0, 0.1) is 0 Å². The van der Waals surface area contributed by atoms with Gasteiger partial charge in [-0.2, -0.15) is 0 Å². The minimum Gasteiger partial charge on any atom is -1.00 e. The normalized spacial score (nSPS) is 6.86. The maximum Gasteiger partial charge on any atom is 3.00 e. The van der Waals surface area contributed by atoms with Crippen molar-refractivity contribution in [2.24, 2.45) is 0 Å². The SMILES string of the molecule is CCCO.CCC[N-]CCC.[Cl-].[Cl-].[Ti+3]. The average Bonchev–Trinajstić information content (AvgIpc) is 2.06. The van der Waals surface area contributed by atoms with E-state index in [-0.39, 0.29) is 46.5 Å².